The molecule has 2 aliphatic rings. The predicted molar refractivity (Wildman–Crippen MR) is 142 cm³/mol. The quantitative estimate of drug-likeness (QED) is 0.407. The zero-order valence-electron chi connectivity index (χ0n) is 21.7. The number of nitrogens with zero attached hydrogens (tertiary/aromatic N) is 2. The van der Waals surface area contributed by atoms with E-state index in [1.54, 1.807) is 56.3 Å². The number of pyridine rings is 1. The molecule has 0 spiro atoms. The van der Waals surface area contributed by atoms with Crippen molar-refractivity contribution >= 4 is 21.8 Å². The van der Waals surface area contributed by atoms with Gasteiger partial charge >= 0.3 is 10.2 Å². The van der Waals surface area contributed by atoms with Crippen LogP contribution in [0.3, 0.4) is 0 Å². The first kappa shape index (κ1) is 26.6. The van der Waals surface area contributed by atoms with Crippen LogP contribution in [0.1, 0.15) is 37.6 Å². The summed E-state index contributed by atoms with van der Waals surface area (Å²) in [6.07, 6.45) is 0.0741. The van der Waals surface area contributed by atoms with Crippen LogP contribution in [0.5, 0.6) is 28.9 Å². The molecule has 0 unspecified atom stereocenters. The highest BCUT2D eigenvalue weighted by atomic mass is 32.2. The van der Waals surface area contributed by atoms with Gasteiger partial charge in [0, 0.05) is 18.1 Å². The maximum absolute atomic E-state index is 12.1. The fraction of sp³-hybridized carbons (Fsp3) is 0.333. The normalized spacial score (nSPS) is 17.8. The molecule has 1 aromatic heterocycles. The van der Waals surface area contributed by atoms with Crippen LogP contribution >= 0.6 is 0 Å². The van der Waals surface area contributed by atoms with Crippen molar-refractivity contribution < 1.29 is 37.3 Å². The molecule has 206 valence electrons. The largest absolute Gasteiger partial charge is 0.485 e. The molecule has 39 heavy (non-hydrogen) atoms. The van der Waals surface area contributed by atoms with Gasteiger partial charge in [0.1, 0.15) is 24.7 Å². The second kappa shape index (κ2) is 10.3. The number of aromatic nitrogens is 1. The van der Waals surface area contributed by atoms with Gasteiger partial charge in [-0.05, 0) is 57.2 Å². The van der Waals surface area contributed by atoms with E-state index in [9.17, 15) is 18.3 Å². The van der Waals surface area contributed by atoms with Gasteiger partial charge in [-0.1, -0.05) is 12.1 Å². The molecule has 0 saturated carbocycles. The lowest BCUT2D eigenvalue weighted by Crippen LogP contribution is -2.29. The number of ether oxygens (including phenoxy) is 4. The van der Waals surface area contributed by atoms with Crippen molar-refractivity contribution in [3.63, 3.8) is 0 Å². The maximum atomic E-state index is 12.1. The first-order chi connectivity index (χ1) is 18.5. The average Bonchev–Trinajstić information content (AvgIpc) is 3.39. The van der Waals surface area contributed by atoms with Crippen LogP contribution in [0.4, 0.5) is 5.69 Å². The van der Waals surface area contributed by atoms with Crippen molar-refractivity contribution in [2.24, 2.45) is 0 Å². The summed E-state index contributed by atoms with van der Waals surface area (Å²) in [6, 6.07) is 15.5. The van der Waals surface area contributed by atoms with Crippen LogP contribution in [0.2, 0.25) is 0 Å². The Bertz CT molecular complexity index is 1490. The third-order valence-corrected chi connectivity index (χ3v) is 7.56. The number of anilines is 1. The summed E-state index contributed by atoms with van der Waals surface area (Å²) >= 11 is 0. The summed E-state index contributed by atoms with van der Waals surface area (Å²) in [4.78, 5) is 15.9. The van der Waals surface area contributed by atoms with Gasteiger partial charge < -0.3 is 24.1 Å². The molecular weight excluding hydrogens is 526 g/mol. The number of amides is 1. The lowest BCUT2D eigenvalue weighted by molar-refractivity contribution is -0.117. The highest BCUT2D eigenvalue weighted by molar-refractivity contribution is 7.92. The van der Waals surface area contributed by atoms with Gasteiger partial charge in [-0.15, -0.1) is 0 Å². The standard InChI is InChI=1S/C27H29N3O8S/c1-17-21(11-12-25(28-17)35-14-13-27(2,3)32)38-22-6-4-5-20-23(16-36-26(20)22)37-19-9-7-18(8-10-19)30-15-24(31)29-39(30,33)34/h4-12,23,32H,13-16H2,1-3H3,(H,29,31)/t23-/m1/s1. The molecule has 1 fully saturated rings. The number of rotatable bonds is 9. The number of nitrogens with one attached hydrogen (secondary N) is 1. The van der Waals surface area contributed by atoms with Crippen molar-refractivity contribution in [3.8, 4) is 28.9 Å². The van der Waals surface area contributed by atoms with E-state index in [1.165, 1.54) is 0 Å². The van der Waals surface area contributed by atoms with Crippen LogP contribution < -0.4 is 28.0 Å². The Morgan fingerprint density at radius 3 is 2.56 bits per heavy atom. The number of hydrogen-bond acceptors (Lipinski definition) is 9. The molecule has 3 aromatic rings. The molecule has 0 radical (unpaired) electrons. The van der Waals surface area contributed by atoms with Gasteiger partial charge in [-0.25, -0.2) is 14.0 Å². The Balaban J connectivity index is 1.25. The molecular formula is C27H29N3O8S. The highest BCUT2D eigenvalue weighted by Crippen LogP contribution is 2.44. The molecule has 2 aliphatic heterocycles. The highest BCUT2D eigenvalue weighted by Gasteiger charge is 2.34. The van der Waals surface area contributed by atoms with Crippen molar-refractivity contribution in [2.45, 2.75) is 38.9 Å². The number of carbonyl (C=O) groups is 1. The molecule has 1 atom stereocenters. The minimum atomic E-state index is -3.87. The third kappa shape index (κ3) is 6.02. The Kier molecular flexibility index (Phi) is 7.00. The number of aliphatic hydroxyl groups is 1. The molecule has 1 amide bonds. The van der Waals surface area contributed by atoms with Gasteiger partial charge in [0.05, 0.1) is 23.6 Å². The van der Waals surface area contributed by atoms with Gasteiger partial charge in [-0.3, -0.25) is 4.79 Å². The number of aryl methyl sites for hydroxylation is 1. The number of benzene rings is 2. The lowest BCUT2D eigenvalue weighted by Gasteiger charge is -2.17. The second-order valence-electron chi connectivity index (χ2n) is 9.87. The van der Waals surface area contributed by atoms with Crippen LogP contribution in [0.25, 0.3) is 0 Å². The second-order valence-corrected chi connectivity index (χ2v) is 11.5. The number of para-hydroxylation sites is 1. The SMILES string of the molecule is Cc1nc(OCCC(C)(C)O)ccc1Oc1cccc2c1OC[C@H]2Oc1ccc(N2CC(=O)NS2(=O)=O)cc1. The van der Waals surface area contributed by atoms with Crippen molar-refractivity contribution in [2.75, 3.05) is 24.1 Å². The van der Waals surface area contributed by atoms with E-state index in [0.717, 1.165) is 9.87 Å². The first-order valence-corrected chi connectivity index (χ1v) is 13.8. The Morgan fingerprint density at radius 2 is 1.90 bits per heavy atom. The fourth-order valence-electron chi connectivity index (χ4n) is 4.14. The van der Waals surface area contributed by atoms with E-state index in [-0.39, 0.29) is 13.2 Å². The molecule has 3 heterocycles. The molecule has 0 bridgehead atoms. The summed E-state index contributed by atoms with van der Waals surface area (Å²) < 4.78 is 50.9. The van der Waals surface area contributed by atoms with Crippen molar-refractivity contribution in [1.82, 2.24) is 9.71 Å². The van der Waals surface area contributed by atoms with Gasteiger partial charge in [0.25, 0.3) is 5.91 Å². The van der Waals surface area contributed by atoms with Crippen molar-refractivity contribution in [1.29, 1.82) is 0 Å². The third-order valence-electron chi connectivity index (χ3n) is 6.15. The molecule has 12 heteroatoms. The Labute approximate surface area is 226 Å². The van der Waals surface area contributed by atoms with Gasteiger partial charge in [0.15, 0.2) is 17.6 Å². The van der Waals surface area contributed by atoms with Gasteiger partial charge in [0.2, 0.25) is 5.88 Å². The molecule has 11 nitrogen and oxygen atoms in total. The van der Waals surface area contributed by atoms with E-state index in [0.29, 0.717) is 53.3 Å². The van der Waals surface area contributed by atoms with Crippen LogP contribution in [-0.2, 0) is 15.0 Å². The summed E-state index contributed by atoms with van der Waals surface area (Å²) in [5.74, 6) is 2.02. The molecule has 5 rings (SSSR count). The van der Waals surface area contributed by atoms with E-state index < -0.39 is 27.8 Å². The molecule has 2 N–H and O–H groups in total. The monoisotopic (exact) mass is 555 g/mol. The van der Waals surface area contributed by atoms with Gasteiger partial charge in [-0.2, -0.15) is 8.42 Å². The van der Waals surface area contributed by atoms with Crippen LogP contribution in [0.15, 0.2) is 54.6 Å². The summed E-state index contributed by atoms with van der Waals surface area (Å²) in [7, 11) is -3.87. The zero-order valence-corrected chi connectivity index (χ0v) is 22.5. The van der Waals surface area contributed by atoms with Crippen LogP contribution in [-0.4, -0.2) is 49.8 Å². The summed E-state index contributed by atoms with van der Waals surface area (Å²) in [5.41, 5.74) is 0.992. The van der Waals surface area contributed by atoms with E-state index in [4.69, 9.17) is 18.9 Å². The summed E-state index contributed by atoms with van der Waals surface area (Å²) in [6.45, 7) is 5.61. The number of carbonyl (C=O) groups excluding carboxylic acids is 1. The zero-order chi connectivity index (χ0) is 27.8. The summed E-state index contributed by atoms with van der Waals surface area (Å²) in [5, 5.41) is 9.84. The average molecular weight is 556 g/mol. The van der Waals surface area contributed by atoms with E-state index in [2.05, 4.69) is 4.98 Å². The minimum absolute atomic E-state index is 0.262. The Hall–Kier alpha value is -4.03. The topological polar surface area (TPSA) is 137 Å². The first-order valence-electron chi connectivity index (χ1n) is 12.3. The predicted octanol–water partition coefficient (Wildman–Crippen LogP) is 3.42. The lowest BCUT2D eigenvalue weighted by atomic mass is 10.1. The van der Waals surface area contributed by atoms with Crippen LogP contribution in [0, 0.1) is 6.92 Å². The van der Waals surface area contributed by atoms with Crippen molar-refractivity contribution in [3.05, 3.63) is 65.9 Å². The smallest absolute Gasteiger partial charge is 0.326 e. The fourth-order valence-corrected chi connectivity index (χ4v) is 5.29. The Morgan fingerprint density at radius 1 is 1.13 bits per heavy atom. The number of hydrogen-bond donors (Lipinski definition) is 2. The molecule has 0 aliphatic carbocycles. The van der Waals surface area contributed by atoms with E-state index in [1.807, 2.05) is 23.8 Å². The minimum Gasteiger partial charge on any atom is -0.485 e. The van der Waals surface area contributed by atoms with E-state index >= 15 is 0 Å². The maximum Gasteiger partial charge on any atom is 0.326 e. The molecule has 1 saturated heterocycles. The number of fused-ring (bicyclic) bond motifs is 1. The molecule has 2 aromatic carbocycles.